The van der Waals surface area contributed by atoms with Crippen LogP contribution in [0, 0.1) is 6.92 Å². The van der Waals surface area contributed by atoms with Gasteiger partial charge in [-0.25, -0.2) is 9.97 Å². The molecule has 1 aromatic heterocycles. The molecule has 1 aromatic carbocycles. The van der Waals surface area contributed by atoms with E-state index >= 15 is 0 Å². The molecule has 1 atom stereocenters. The van der Waals surface area contributed by atoms with Crippen molar-refractivity contribution in [2.24, 2.45) is 0 Å². The van der Waals surface area contributed by atoms with Gasteiger partial charge in [-0.3, -0.25) is 0 Å². The minimum Gasteiger partial charge on any atom is -0.398 e. The minimum absolute atomic E-state index is 0.111. The van der Waals surface area contributed by atoms with E-state index in [1.165, 1.54) is 0 Å². The van der Waals surface area contributed by atoms with Gasteiger partial charge in [0.15, 0.2) is 0 Å². The van der Waals surface area contributed by atoms with E-state index in [-0.39, 0.29) is 6.04 Å². The van der Waals surface area contributed by atoms with E-state index in [0.29, 0.717) is 0 Å². The number of hydrogen-bond acceptors (Lipinski definition) is 4. The Labute approximate surface area is 114 Å². The summed E-state index contributed by atoms with van der Waals surface area (Å²) in [4.78, 5) is 8.79. The summed E-state index contributed by atoms with van der Waals surface area (Å²) < 4.78 is 0. The second-order valence-electron chi connectivity index (χ2n) is 4.64. The lowest BCUT2D eigenvalue weighted by atomic mass is 10.1. The van der Waals surface area contributed by atoms with Crippen LogP contribution in [-0.4, -0.2) is 9.97 Å². The lowest BCUT2D eigenvalue weighted by molar-refractivity contribution is 0.861. The fourth-order valence-electron chi connectivity index (χ4n) is 2.09. The number of rotatable bonds is 4. The fraction of sp³-hybridized carbons (Fsp3) is 0.333. The third-order valence-electron chi connectivity index (χ3n) is 3.08. The summed E-state index contributed by atoms with van der Waals surface area (Å²) in [5.41, 5.74) is 8.91. The largest absolute Gasteiger partial charge is 0.398 e. The van der Waals surface area contributed by atoms with Crippen LogP contribution in [0.1, 0.15) is 37.0 Å². The maximum atomic E-state index is 5.99. The molecule has 0 fully saturated rings. The van der Waals surface area contributed by atoms with Crippen molar-refractivity contribution in [1.29, 1.82) is 0 Å². The predicted molar refractivity (Wildman–Crippen MR) is 79.0 cm³/mol. The van der Waals surface area contributed by atoms with Gasteiger partial charge in [0.2, 0.25) is 0 Å². The molecule has 3 N–H and O–H groups in total. The zero-order chi connectivity index (χ0) is 13.8. The quantitative estimate of drug-likeness (QED) is 0.825. The Balaban J connectivity index is 2.21. The molecule has 1 heterocycles. The van der Waals surface area contributed by atoms with Crippen molar-refractivity contribution in [3.63, 3.8) is 0 Å². The van der Waals surface area contributed by atoms with Crippen LogP contribution in [0.3, 0.4) is 0 Å². The number of nitrogens with one attached hydrogen (secondary N) is 1. The first kappa shape index (κ1) is 13.3. The van der Waals surface area contributed by atoms with Crippen LogP contribution in [0.15, 0.2) is 30.3 Å². The van der Waals surface area contributed by atoms with Crippen molar-refractivity contribution in [3.05, 3.63) is 47.4 Å². The van der Waals surface area contributed by atoms with Gasteiger partial charge in [-0.2, -0.15) is 0 Å². The third-order valence-corrected chi connectivity index (χ3v) is 3.08. The fourth-order valence-corrected chi connectivity index (χ4v) is 2.09. The van der Waals surface area contributed by atoms with E-state index in [2.05, 4.69) is 29.1 Å². The lowest BCUT2D eigenvalue weighted by Gasteiger charge is -2.17. The molecule has 0 radical (unpaired) electrons. The van der Waals surface area contributed by atoms with Crippen LogP contribution in [0.2, 0.25) is 0 Å². The number of anilines is 2. The molecule has 1 unspecified atom stereocenters. The Morgan fingerprint density at radius 2 is 2.00 bits per heavy atom. The maximum Gasteiger partial charge on any atom is 0.130 e. The summed E-state index contributed by atoms with van der Waals surface area (Å²) in [5, 5.41) is 3.38. The molecule has 0 bridgehead atoms. The molecule has 4 nitrogen and oxygen atoms in total. The number of benzene rings is 1. The van der Waals surface area contributed by atoms with E-state index in [1.807, 2.05) is 37.3 Å². The maximum absolute atomic E-state index is 5.99. The number of aromatic nitrogens is 2. The highest BCUT2D eigenvalue weighted by molar-refractivity contribution is 5.51. The average Bonchev–Trinajstić information content (AvgIpc) is 2.38. The van der Waals surface area contributed by atoms with E-state index in [9.17, 15) is 0 Å². The number of aryl methyl sites for hydroxylation is 2. The molecule has 2 rings (SSSR count). The van der Waals surface area contributed by atoms with Gasteiger partial charge in [0.25, 0.3) is 0 Å². The first-order valence-corrected chi connectivity index (χ1v) is 6.55. The Hall–Kier alpha value is -2.10. The van der Waals surface area contributed by atoms with Crippen molar-refractivity contribution in [1.82, 2.24) is 9.97 Å². The number of nitrogens with two attached hydrogens (primary N) is 1. The van der Waals surface area contributed by atoms with Gasteiger partial charge < -0.3 is 11.1 Å². The average molecular weight is 256 g/mol. The molecule has 2 aromatic rings. The van der Waals surface area contributed by atoms with E-state index in [4.69, 9.17) is 5.73 Å². The highest BCUT2D eigenvalue weighted by Crippen LogP contribution is 2.23. The zero-order valence-electron chi connectivity index (χ0n) is 11.6. The van der Waals surface area contributed by atoms with Crippen LogP contribution >= 0.6 is 0 Å². The molecule has 0 aliphatic rings. The van der Waals surface area contributed by atoms with Crippen molar-refractivity contribution in [2.45, 2.75) is 33.2 Å². The van der Waals surface area contributed by atoms with Crippen LogP contribution in [-0.2, 0) is 6.42 Å². The molecule has 0 saturated heterocycles. The first-order chi connectivity index (χ1) is 9.10. The number of nitrogens with zero attached hydrogens (tertiary/aromatic N) is 2. The van der Waals surface area contributed by atoms with Crippen LogP contribution in [0.4, 0.5) is 11.5 Å². The number of hydrogen-bond donors (Lipinski definition) is 2. The smallest absolute Gasteiger partial charge is 0.130 e. The number of nitrogen functional groups attached to an aromatic ring is 1. The summed E-state index contributed by atoms with van der Waals surface area (Å²) in [5.74, 6) is 1.63. The Morgan fingerprint density at radius 3 is 2.68 bits per heavy atom. The summed E-state index contributed by atoms with van der Waals surface area (Å²) in [6.07, 6.45) is 0.903. The van der Waals surface area contributed by atoms with Gasteiger partial charge >= 0.3 is 0 Å². The molecule has 0 spiro atoms. The van der Waals surface area contributed by atoms with Gasteiger partial charge in [0.05, 0.1) is 6.04 Å². The molecule has 0 amide bonds. The topological polar surface area (TPSA) is 63.8 Å². The molecule has 19 heavy (non-hydrogen) atoms. The highest BCUT2D eigenvalue weighted by atomic mass is 15.0. The zero-order valence-corrected chi connectivity index (χ0v) is 11.6. The summed E-state index contributed by atoms with van der Waals surface area (Å²) in [6, 6.07) is 9.98. The number of para-hydroxylation sites is 1. The summed E-state index contributed by atoms with van der Waals surface area (Å²) in [6.45, 7) is 6.07. The van der Waals surface area contributed by atoms with Crippen molar-refractivity contribution >= 4 is 11.5 Å². The van der Waals surface area contributed by atoms with Gasteiger partial charge in [-0.15, -0.1) is 0 Å². The van der Waals surface area contributed by atoms with Gasteiger partial charge in [0.1, 0.15) is 11.6 Å². The third kappa shape index (κ3) is 3.22. The predicted octanol–water partition coefficient (Wildman–Crippen LogP) is 3.10. The molecule has 0 aliphatic carbocycles. The standard InChI is InChI=1S/C15H20N4/c1-4-12-9-15(19-11(3)18-12)17-10(2)13-7-5-6-8-14(13)16/h5-10H,4,16H2,1-3H3,(H,17,18,19). The Morgan fingerprint density at radius 1 is 1.26 bits per heavy atom. The van der Waals surface area contributed by atoms with Crippen molar-refractivity contribution < 1.29 is 0 Å². The minimum atomic E-state index is 0.111. The Bertz CT molecular complexity index is 566. The molecule has 0 saturated carbocycles. The monoisotopic (exact) mass is 256 g/mol. The van der Waals surface area contributed by atoms with E-state index in [1.54, 1.807) is 0 Å². The van der Waals surface area contributed by atoms with Crippen LogP contribution in [0.25, 0.3) is 0 Å². The van der Waals surface area contributed by atoms with Gasteiger partial charge in [-0.05, 0) is 31.9 Å². The van der Waals surface area contributed by atoms with Crippen LogP contribution < -0.4 is 11.1 Å². The lowest BCUT2D eigenvalue weighted by Crippen LogP contribution is -2.11. The molecule has 4 heteroatoms. The molecular weight excluding hydrogens is 236 g/mol. The highest BCUT2D eigenvalue weighted by Gasteiger charge is 2.09. The second kappa shape index (κ2) is 5.69. The van der Waals surface area contributed by atoms with Crippen molar-refractivity contribution in [3.8, 4) is 0 Å². The normalized spacial score (nSPS) is 12.2. The first-order valence-electron chi connectivity index (χ1n) is 6.55. The Kier molecular flexibility index (Phi) is 4.00. The van der Waals surface area contributed by atoms with Crippen molar-refractivity contribution in [2.75, 3.05) is 11.1 Å². The summed E-state index contributed by atoms with van der Waals surface area (Å²) in [7, 11) is 0. The van der Waals surface area contributed by atoms with Gasteiger partial charge in [0, 0.05) is 17.4 Å². The van der Waals surface area contributed by atoms with E-state index in [0.717, 1.165) is 35.0 Å². The SMILES string of the molecule is CCc1cc(NC(C)c2ccccc2N)nc(C)n1. The van der Waals surface area contributed by atoms with Gasteiger partial charge in [-0.1, -0.05) is 25.1 Å². The van der Waals surface area contributed by atoms with E-state index < -0.39 is 0 Å². The molecule has 100 valence electrons. The van der Waals surface area contributed by atoms with Crippen LogP contribution in [0.5, 0.6) is 0 Å². The molecule has 0 aliphatic heterocycles. The summed E-state index contributed by atoms with van der Waals surface area (Å²) >= 11 is 0. The second-order valence-corrected chi connectivity index (χ2v) is 4.64. The molecular formula is C15H20N4.